The minimum Gasteiger partial charge on any atom is -0.398 e. The van der Waals surface area contributed by atoms with Gasteiger partial charge in [-0.05, 0) is 46.1 Å². The number of carbonyl (C=O) groups is 1. The lowest BCUT2D eigenvalue weighted by atomic mass is 10.0. The van der Waals surface area contributed by atoms with Crippen molar-refractivity contribution in [1.82, 2.24) is 9.78 Å². The Morgan fingerprint density at radius 2 is 2.28 bits per heavy atom. The molecule has 1 aromatic heterocycles. The largest absolute Gasteiger partial charge is 0.398 e. The zero-order valence-electron chi connectivity index (χ0n) is 10.1. The van der Waals surface area contributed by atoms with Gasteiger partial charge < -0.3 is 5.73 Å². The van der Waals surface area contributed by atoms with Gasteiger partial charge in [0.05, 0.1) is 6.20 Å². The van der Waals surface area contributed by atoms with Gasteiger partial charge in [0, 0.05) is 35.4 Å². The van der Waals surface area contributed by atoms with Crippen molar-refractivity contribution in [2.75, 3.05) is 5.73 Å². The first-order valence-corrected chi connectivity index (χ1v) is 6.41. The maximum absolute atomic E-state index is 12.0. The third-order valence-electron chi connectivity index (χ3n) is 2.72. The lowest BCUT2D eigenvalue weighted by Gasteiger charge is -2.03. The number of carbonyl (C=O) groups excluding carboxylic acids is 1. The SMILES string of the molecule is Cn1cc(CCC(=O)c2ccc(N)c(Br)c2)cn1. The number of hydrogen-bond donors (Lipinski definition) is 1. The molecule has 1 heterocycles. The number of anilines is 1. The Balaban J connectivity index is 2.01. The van der Waals surface area contributed by atoms with Gasteiger partial charge in [-0.2, -0.15) is 5.10 Å². The first-order valence-electron chi connectivity index (χ1n) is 5.62. The summed E-state index contributed by atoms with van der Waals surface area (Å²) < 4.78 is 2.49. The van der Waals surface area contributed by atoms with E-state index in [0.717, 1.165) is 10.0 Å². The smallest absolute Gasteiger partial charge is 0.163 e. The second-order valence-electron chi connectivity index (χ2n) is 4.18. The molecule has 2 rings (SSSR count). The standard InChI is InChI=1S/C13H14BrN3O/c1-17-8-9(7-16-17)2-5-13(18)10-3-4-12(15)11(14)6-10/h3-4,6-8H,2,5,15H2,1H3. The first kappa shape index (κ1) is 12.8. The van der Waals surface area contributed by atoms with Crippen LogP contribution in [-0.2, 0) is 13.5 Å². The quantitative estimate of drug-likeness (QED) is 0.697. The van der Waals surface area contributed by atoms with Crippen molar-refractivity contribution in [2.24, 2.45) is 7.05 Å². The molecular weight excluding hydrogens is 294 g/mol. The summed E-state index contributed by atoms with van der Waals surface area (Å²) in [5, 5.41) is 4.07. The van der Waals surface area contributed by atoms with Crippen LogP contribution < -0.4 is 5.73 Å². The topological polar surface area (TPSA) is 60.9 Å². The van der Waals surface area contributed by atoms with Gasteiger partial charge in [-0.3, -0.25) is 9.48 Å². The summed E-state index contributed by atoms with van der Waals surface area (Å²) in [7, 11) is 1.86. The van der Waals surface area contributed by atoms with Gasteiger partial charge in [0.25, 0.3) is 0 Å². The molecule has 0 aliphatic rings. The van der Waals surface area contributed by atoms with E-state index in [1.165, 1.54) is 0 Å². The molecule has 0 saturated heterocycles. The van der Waals surface area contributed by atoms with E-state index < -0.39 is 0 Å². The number of nitrogens with two attached hydrogens (primary N) is 1. The fourth-order valence-electron chi connectivity index (χ4n) is 1.70. The molecule has 0 fully saturated rings. The molecule has 0 bridgehead atoms. The van der Waals surface area contributed by atoms with Crippen LogP contribution in [0.25, 0.3) is 0 Å². The number of halogens is 1. The van der Waals surface area contributed by atoms with Crippen LogP contribution in [0.3, 0.4) is 0 Å². The van der Waals surface area contributed by atoms with Crippen LogP contribution in [0.1, 0.15) is 22.3 Å². The summed E-state index contributed by atoms with van der Waals surface area (Å²) in [6, 6.07) is 5.26. The summed E-state index contributed by atoms with van der Waals surface area (Å²) >= 11 is 3.32. The van der Waals surface area contributed by atoms with Crippen molar-refractivity contribution in [1.29, 1.82) is 0 Å². The molecule has 18 heavy (non-hydrogen) atoms. The van der Waals surface area contributed by atoms with Gasteiger partial charge in [0.15, 0.2) is 5.78 Å². The molecule has 94 valence electrons. The fraction of sp³-hybridized carbons (Fsp3) is 0.231. The van der Waals surface area contributed by atoms with E-state index in [1.54, 1.807) is 29.1 Å². The fourth-order valence-corrected chi connectivity index (χ4v) is 2.08. The predicted molar refractivity (Wildman–Crippen MR) is 74.4 cm³/mol. The van der Waals surface area contributed by atoms with Crippen LogP contribution in [0.2, 0.25) is 0 Å². The summed E-state index contributed by atoms with van der Waals surface area (Å²) in [4.78, 5) is 12.0. The highest BCUT2D eigenvalue weighted by Gasteiger charge is 2.08. The average molecular weight is 308 g/mol. The molecule has 0 spiro atoms. The Morgan fingerprint density at radius 3 is 2.89 bits per heavy atom. The molecule has 0 unspecified atom stereocenters. The van der Waals surface area contributed by atoms with Gasteiger partial charge >= 0.3 is 0 Å². The Labute approximate surface area is 114 Å². The van der Waals surface area contributed by atoms with E-state index >= 15 is 0 Å². The van der Waals surface area contributed by atoms with Gasteiger partial charge in [-0.15, -0.1) is 0 Å². The lowest BCUT2D eigenvalue weighted by Crippen LogP contribution is -2.01. The number of aromatic nitrogens is 2. The number of Topliss-reactive ketones (excluding diaryl/α,β-unsaturated/α-hetero) is 1. The van der Waals surface area contributed by atoms with E-state index in [2.05, 4.69) is 21.0 Å². The molecule has 2 aromatic rings. The highest BCUT2D eigenvalue weighted by atomic mass is 79.9. The van der Waals surface area contributed by atoms with Crippen molar-refractivity contribution < 1.29 is 4.79 Å². The molecule has 1 aromatic carbocycles. The summed E-state index contributed by atoms with van der Waals surface area (Å²) in [5.74, 6) is 0.111. The molecule has 4 nitrogen and oxygen atoms in total. The Bertz CT molecular complexity index is 577. The highest BCUT2D eigenvalue weighted by Crippen LogP contribution is 2.21. The van der Waals surface area contributed by atoms with Gasteiger partial charge in [-0.25, -0.2) is 0 Å². The van der Waals surface area contributed by atoms with Gasteiger partial charge in [-0.1, -0.05) is 0 Å². The van der Waals surface area contributed by atoms with E-state index in [1.807, 2.05) is 13.2 Å². The van der Waals surface area contributed by atoms with Crippen LogP contribution in [-0.4, -0.2) is 15.6 Å². The molecule has 5 heteroatoms. The van der Waals surface area contributed by atoms with E-state index in [-0.39, 0.29) is 5.78 Å². The maximum Gasteiger partial charge on any atom is 0.163 e. The number of rotatable bonds is 4. The van der Waals surface area contributed by atoms with Crippen LogP contribution in [0.5, 0.6) is 0 Å². The van der Waals surface area contributed by atoms with Gasteiger partial charge in [0.1, 0.15) is 0 Å². The predicted octanol–water partition coefficient (Wildman–Crippen LogP) is 2.58. The second-order valence-corrected chi connectivity index (χ2v) is 5.04. The number of hydrogen-bond acceptors (Lipinski definition) is 3. The normalized spacial score (nSPS) is 10.6. The first-order chi connectivity index (χ1) is 8.56. The van der Waals surface area contributed by atoms with Crippen LogP contribution in [0.15, 0.2) is 35.1 Å². The van der Waals surface area contributed by atoms with E-state index in [0.29, 0.717) is 24.1 Å². The minimum absolute atomic E-state index is 0.111. The lowest BCUT2D eigenvalue weighted by molar-refractivity contribution is 0.0983. The Morgan fingerprint density at radius 1 is 1.50 bits per heavy atom. The number of aryl methyl sites for hydroxylation is 2. The van der Waals surface area contributed by atoms with Crippen LogP contribution in [0, 0.1) is 0 Å². The molecule has 0 saturated carbocycles. The van der Waals surface area contributed by atoms with Crippen molar-refractivity contribution in [2.45, 2.75) is 12.8 Å². The molecule has 2 N–H and O–H groups in total. The van der Waals surface area contributed by atoms with Crippen molar-refractivity contribution in [3.05, 3.63) is 46.2 Å². The number of benzene rings is 1. The number of nitrogen functional groups attached to an aromatic ring is 1. The molecule has 0 atom stereocenters. The van der Waals surface area contributed by atoms with E-state index in [4.69, 9.17) is 5.73 Å². The van der Waals surface area contributed by atoms with Crippen LogP contribution in [0.4, 0.5) is 5.69 Å². The number of ketones is 1. The minimum atomic E-state index is 0.111. The Hall–Kier alpha value is -1.62. The van der Waals surface area contributed by atoms with Crippen molar-refractivity contribution >= 4 is 27.4 Å². The van der Waals surface area contributed by atoms with Crippen molar-refractivity contribution in [3.8, 4) is 0 Å². The third kappa shape index (κ3) is 2.98. The Kier molecular flexibility index (Phi) is 3.81. The van der Waals surface area contributed by atoms with Crippen LogP contribution >= 0.6 is 15.9 Å². The monoisotopic (exact) mass is 307 g/mol. The number of nitrogens with zero attached hydrogens (tertiary/aromatic N) is 2. The zero-order valence-corrected chi connectivity index (χ0v) is 11.6. The van der Waals surface area contributed by atoms with E-state index in [9.17, 15) is 4.79 Å². The molecule has 0 aliphatic carbocycles. The van der Waals surface area contributed by atoms with Gasteiger partial charge in [0.2, 0.25) is 0 Å². The summed E-state index contributed by atoms with van der Waals surface area (Å²) in [5.41, 5.74) is 8.08. The average Bonchev–Trinajstić information content (AvgIpc) is 2.75. The molecular formula is C13H14BrN3O. The second kappa shape index (κ2) is 5.35. The molecule has 0 radical (unpaired) electrons. The molecule has 0 amide bonds. The maximum atomic E-state index is 12.0. The zero-order chi connectivity index (χ0) is 13.1. The summed E-state index contributed by atoms with van der Waals surface area (Å²) in [6.45, 7) is 0. The summed E-state index contributed by atoms with van der Waals surface area (Å²) in [6.07, 6.45) is 4.88. The van der Waals surface area contributed by atoms with Crippen molar-refractivity contribution in [3.63, 3.8) is 0 Å². The third-order valence-corrected chi connectivity index (χ3v) is 3.41. The highest BCUT2D eigenvalue weighted by molar-refractivity contribution is 9.10. The molecule has 0 aliphatic heterocycles.